The number of nitrogens with two attached hydrogens (primary N) is 1. The van der Waals surface area contributed by atoms with Gasteiger partial charge in [0.15, 0.2) is 11.6 Å². The molecule has 88 valence electrons. The molecule has 0 aliphatic rings. The second-order valence-corrected chi connectivity index (χ2v) is 3.71. The van der Waals surface area contributed by atoms with Crippen LogP contribution in [0.25, 0.3) is 11.1 Å². The van der Waals surface area contributed by atoms with E-state index < -0.39 is 0 Å². The Morgan fingerprint density at radius 2 is 1.94 bits per heavy atom. The molecule has 0 atom stereocenters. The van der Waals surface area contributed by atoms with Crippen LogP contribution >= 0.6 is 0 Å². The van der Waals surface area contributed by atoms with Gasteiger partial charge in [-0.15, -0.1) is 0 Å². The highest BCUT2D eigenvalue weighted by molar-refractivity contribution is 5.68. The largest absolute Gasteiger partial charge is 0.494 e. The molecule has 0 heterocycles. The van der Waals surface area contributed by atoms with Gasteiger partial charge in [0, 0.05) is 6.54 Å². The third-order valence-corrected chi connectivity index (χ3v) is 2.70. The lowest BCUT2D eigenvalue weighted by atomic mass is 9.99. The lowest BCUT2D eigenvalue weighted by Gasteiger charge is -2.09. The van der Waals surface area contributed by atoms with Gasteiger partial charge >= 0.3 is 0 Å². The van der Waals surface area contributed by atoms with Crippen molar-refractivity contribution in [1.29, 1.82) is 0 Å². The molecule has 0 saturated carbocycles. The van der Waals surface area contributed by atoms with Crippen LogP contribution in [-0.2, 0) is 6.54 Å². The van der Waals surface area contributed by atoms with Crippen molar-refractivity contribution in [2.45, 2.75) is 6.54 Å². The van der Waals surface area contributed by atoms with Gasteiger partial charge in [-0.1, -0.05) is 30.3 Å². The third-order valence-electron chi connectivity index (χ3n) is 2.70. The van der Waals surface area contributed by atoms with Crippen LogP contribution in [0, 0.1) is 5.82 Å². The Morgan fingerprint density at radius 3 is 2.59 bits per heavy atom. The van der Waals surface area contributed by atoms with E-state index in [0.717, 1.165) is 16.7 Å². The zero-order chi connectivity index (χ0) is 12.3. The molecule has 0 aromatic heterocycles. The van der Waals surface area contributed by atoms with Gasteiger partial charge in [0.2, 0.25) is 0 Å². The van der Waals surface area contributed by atoms with Gasteiger partial charge < -0.3 is 10.5 Å². The fourth-order valence-corrected chi connectivity index (χ4v) is 1.81. The zero-order valence-electron chi connectivity index (χ0n) is 9.61. The summed E-state index contributed by atoms with van der Waals surface area (Å²) < 4.78 is 18.5. The van der Waals surface area contributed by atoms with Crippen molar-refractivity contribution in [2.24, 2.45) is 5.73 Å². The molecule has 2 aromatic rings. The molecule has 0 amide bonds. The van der Waals surface area contributed by atoms with E-state index in [4.69, 9.17) is 10.5 Å². The zero-order valence-corrected chi connectivity index (χ0v) is 9.61. The molecule has 17 heavy (non-hydrogen) atoms. The Bertz CT molecular complexity index is 525. The number of rotatable bonds is 3. The Morgan fingerprint density at radius 1 is 1.18 bits per heavy atom. The predicted octanol–water partition coefficient (Wildman–Crippen LogP) is 2.96. The smallest absolute Gasteiger partial charge is 0.165 e. The van der Waals surface area contributed by atoms with Crippen LogP contribution in [0.3, 0.4) is 0 Å². The SMILES string of the molecule is COc1ccc(-c2ccccc2CN)cc1F. The van der Waals surface area contributed by atoms with Gasteiger partial charge in [0.1, 0.15) is 0 Å². The van der Waals surface area contributed by atoms with E-state index in [1.54, 1.807) is 6.07 Å². The Labute approximate surface area is 99.8 Å². The van der Waals surface area contributed by atoms with Crippen LogP contribution in [0.15, 0.2) is 42.5 Å². The summed E-state index contributed by atoms with van der Waals surface area (Å²) in [6.07, 6.45) is 0. The molecular formula is C14H14FNO. The highest BCUT2D eigenvalue weighted by atomic mass is 19.1. The predicted molar refractivity (Wildman–Crippen MR) is 66.3 cm³/mol. The van der Waals surface area contributed by atoms with Crippen molar-refractivity contribution in [3.8, 4) is 16.9 Å². The molecule has 2 rings (SSSR count). The lowest BCUT2D eigenvalue weighted by molar-refractivity contribution is 0.386. The first-order chi connectivity index (χ1) is 8.26. The number of hydrogen-bond donors (Lipinski definition) is 1. The third kappa shape index (κ3) is 2.29. The fraction of sp³-hybridized carbons (Fsp3) is 0.143. The van der Waals surface area contributed by atoms with Gasteiger partial charge in [-0.2, -0.15) is 0 Å². The standard InChI is InChI=1S/C14H14FNO/c1-17-14-7-6-10(8-13(14)15)12-5-3-2-4-11(12)9-16/h2-8H,9,16H2,1H3. The summed E-state index contributed by atoms with van der Waals surface area (Å²) in [5, 5.41) is 0. The summed E-state index contributed by atoms with van der Waals surface area (Å²) in [6, 6.07) is 12.6. The van der Waals surface area contributed by atoms with Gasteiger partial charge in [0.05, 0.1) is 7.11 Å². The molecule has 0 bridgehead atoms. The van der Waals surface area contributed by atoms with Crippen LogP contribution in [0.1, 0.15) is 5.56 Å². The first kappa shape index (κ1) is 11.6. The van der Waals surface area contributed by atoms with E-state index in [-0.39, 0.29) is 11.6 Å². The van der Waals surface area contributed by atoms with Gasteiger partial charge in [-0.25, -0.2) is 4.39 Å². The molecule has 0 radical (unpaired) electrons. The topological polar surface area (TPSA) is 35.2 Å². The van der Waals surface area contributed by atoms with E-state index in [1.807, 2.05) is 30.3 Å². The van der Waals surface area contributed by atoms with Gasteiger partial charge in [-0.05, 0) is 28.8 Å². The number of methoxy groups -OCH3 is 1. The normalized spacial score (nSPS) is 10.3. The number of halogens is 1. The van der Waals surface area contributed by atoms with Crippen molar-refractivity contribution in [3.63, 3.8) is 0 Å². The Hall–Kier alpha value is -1.87. The highest BCUT2D eigenvalue weighted by Gasteiger charge is 2.07. The number of ether oxygens (including phenoxy) is 1. The van der Waals surface area contributed by atoms with Crippen molar-refractivity contribution >= 4 is 0 Å². The van der Waals surface area contributed by atoms with Crippen molar-refractivity contribution < 1.29 is 9.13 Å². The molecule has 3 heteroatoms. The second kappa shape index (κ2) is 4.97. The second-order valence-electron chi connectivity index (χ2n) is 3.71. The Kier molecular flexibility index (Phi) is 3.40. The van der Waals surface area contributed by atoms with E-state index in [0.29, 0.717) is 6.54 Å². The molecule has 2 nitrogen and oxygen atoms in total. The van der Waals surface area contributed by atoms with E-state index in [1.165, 1.54) is 13.2 Å². The molecular weight excluding hydrogens is 217 g/mol. The maximum Gasteiger partial charge on any atom is 0.165 e. The van der Waals surface area contributed by atoms with Gasteiger partial charge in [-0.3, -0.25) is 0 Å². The Balaban J connectivity index is 2.49. The van der Waals surface area contributed by atoms with Crippen molar-refractivity contribution in [2.75, 3.05) is 7.11 Å². The lowest BCUT2D eigenvalue weighted by Crippen LogP contribution is -1.99. The minimum atomic E-state index is -0.364. The summed E-state index contributed by atoms with van der Waals surface area (Å²) in [5.41, 5.74) is 8.43. The van der Waals surface area contributed by atoms with Crippen LogP contribution < -0.4 is 10.5 Å². The molecule has 0 aliphatic carbocycles. The van der Waals surface area contributed by atoms with Crippen LogP contribution in [0.5, 0.6) is 5.75 Å². The quantitative estimate of drug-likeness (QED) is 0.881. The van der Waals surface area contributed by atoms with E-state index >= 15 is 0 Å². The molecule has 0 aliphatic heterocycles. The summed E-state index contributed by atoms with van der Waals surface area (Å²) in [4.78, 5) is 0. The number of benzene rings is 2. The monoisotopic (exact) mass is 231 g/mol. The van der Waals surface area contributed by atoms with Crippen molar-refractivity contribution in [1.82, 2.24) is 0 Å². The minimum Gasteiger partial charge on any atom is -0.494 e. The average molecular weight is 231 g/mol. The molecule has 0 spiro atoms. The maximum atomic E-state index is 13.6. The first-order valence-corrected chi connectivity index (χ1v) is 5.38. The van der Waals surface area contributed by atoms with Crippen LogP contribution in [0.2, 0.25) is 0 Å². The van der Waals surface area contributed by atoms with Crippen LogP contribution in [0.4, 0.5) is 4.39 Å². The van der Waals surface area contributed by atoms with E-state index in [9.17, 15) is 4.39 Å². The highest BCUT2D eigenvalue weighted by Crippen LogP contribution is 2.27. The van der Waals surface area contributed by atoms with Crippen LogP contribution in [-0.4, -0.2) is 7.11 Å². The van der Waals surface area contributed by atoms with Gasteiger partial charge in [0.25, 0.3) is 0 Å². The molecule has 2 N–H and O–H groups in total. The summed E-state index contributed by atoms with van der Waals surface area (Å²) in [6.45, 7) is 0.434. The first-order valence-electron chi connectivity index (χ1n) is 5.38. The van der Waals surface area contributed by atoms with E-state index in [2.05, 4.69) is 0 Å². The fourth-order valence-electron chi connectivity index (χ4n) is 1.81. The maximum absolute atomic E-state index is 13.6. The summed E-state index contributed by atoms with van der Waals surface area (Å²) in [5.74, 6) is -0.115. The summed E-state index contributed by atoms with van der Waals surface area (Å²) >= 11 is 0. The molecule has 0 unspecified atom stereocenters. The summed E-state index contributed by atoms with van der Waals surface area (Å²) in [7, 11) is 1.45. The van der Waals surface area contributed by atoms with Crippen molar-refractivity contribution in [3.05, 3.63) is 53.8 Å². The average Bonchev–Trinajstić information content (AvgIpc) is 2.38. The molecule has 2 aromatic carbocycles. The molecule has 0 fully saturated rings. The minimum absolute atomic E-state index is 0.249. The number of hydrogen-bond acceptors (Lipinski definition) is 2. The molecule has 0 saturated heterocycles.